The molecule has 0 spiro atoms. The van der Waals surface area contributed by atoms with E-state index in [1.165, 1.54) is 6.34 Å². The molecular weight excluding hydrogens is 208 g/mol. The van der Waals surface area contributed by atoms with E-state index in [0.29, 0.717) is 0 Å². The van der Waals surface area contributed by atoms with Crippen molar-refractivity contribution in [2.45, 2.75) is 31.6 Å². The van der Waals surface area contributed by atoms with Crippen molar-refractivity contribution in [1.82, 2.24) is 15.6 Å². The molecule has 0 saturated carbocycles. The first-order chi connectivity index (χ1) is 7.79. The topological polar surface area (TPSA) is 80.1 Å². The van der Waals surface area contributed by atoms with Crippen molar-refractivity contribution >= 4 is 6.34 Å². The Labute approximate surface area is 93.6 Å². The highest BCUT2D eigenvalue weighted by Gasteiger charge is 2.50. The van der Waals surface area contributed by atoms with Crippen LogP contribution in [0.25, 0.3) is 0 Å². The molecule has 1 aliphatic carbocycles. The van der Waals surface area contributed by atoms with Crippen LogP contribution in [0.5, 0.6) is 0 Å². The third kappa shape index (κ3) is 1.34. The number of hydrazone groups is 1. The summed E-state index contributed by atoms with van der Waals surface area (Å²) in [7, 11) is 0. The summed E-state index contributed by atoms with van der Waals surface area (Å²) in [6.07, 6.45) is 5.77. The molecule has 6 nitrogen and oxygen atoms in total. The van der Waals surface area contributed by atoms with Gasteiger partial charge in [-0.1, -0.05) is 12.2 Å². The molecule has 2 aliphatic heterocycles. The van der Waals surface area contributed by atoms with Gasteiger partial charge >= 0.3 is 0 Å². The van der Waals surface area contributed by atoms with Crippen LogP contribution in [-0.4, -0.2) is 40.2 Å². The summed E-state index contributed by atoms with van der Waals surface area (Å²) >= 11 is 0. The fourth-order valence-electron chi connectivity index (χ4n) is 2.85. The van der Waals surface area contributed by atoms with Gasteiger partial charge in [-0.25, -0.2) is 4.90 Å². The zero-order chi connectivity index (χ0) is 11.1. The molecule has 6 heteroatoms. The predicted molar refractivity (Wildman–Crippen MR) is 57.8 cm³/mol. The van der Waals surface area contributed by atoms with E-state index in [1.54, 1.807) is 4.90 Å². The number of fused-ring (bicyclic) bond motifs is 1. The van der Waals surface area contributed by atoms with E-state index >= 15 is 0 Å². The number of rotatable bonds is 1. The summed E-state index contributed by atoms with van der Waals surface area (Å²) in [5, 5.41) is 27.2. The van der Waals surface area contributed by atoms with Crippen molar-refractivity contribution in [3.63, 3.8) is 0 Å². The number of aliphatic hydroxyl groups excluding tert-OH is 2. The summed E-state index contributed by atoms with van der Waals surface area (Å²) in [5.74, 6) is 0.230. The lowest BCUT2D eigenvalue weighted by molar-refractivity contribution is -0.100. The smallest absolute Gasteiger partial charge is 0.175 e. The summed E-state index contributed by atoms with van der Waals surface area (Å²) in [4.78, 5) is 1.65. The van der Waals surface area contributed by atoms with Crippen molar-refractivity contribution in [1.29, 1.82) is 0 Å². The lowest BCUT2D eigenvalue weighted by atomic mass is 9.84. The van der Waals surface area contributed by atoms with Crippen molar-refractivity contribution < 1.29 is 10.2 Å². The first-order valence-electron chi connectivity index (χ1n) is 5.61. The van der Waals surface area contributed by atoms with Gasteiger partial charge < -0.3 is 15.5 Å². The standard InChI is InChI=1S/C10H16N4O2/c15-8-6-3-1-2-4-7(6)9(16)14(8)10-11-5-12-13-10/h1-2,5-10,13,15-16H,3-4H2,(H,11,12). The van der Waals surface area contributed by atoms with Gasteiger partial charge in [0.15, 0.2) is 6.29 Å². The Morgan fingerprint density at radius 3 is 2.25 bits per heavy atom. The summed E-state index contributed by atoms with van der Waals surface area (Å²) in [6, 6.07) is 0. The largest absolute Gasteiger partial charge is 0.378 e. The van der Waals surface area contributed by atoms with Crippen LogP contribution in [0.15, 0.2) is 17.3 Å². The van der Waals surface area contributed by atoms with Gasteiger partial charge in [-0.05, 0) is 12.8 Å². The summed E-state index contributed by atoms with van der Waals surface area (Å²) in [6.45, 7) is 0. The Bertz CT molecular complexity index is 305. The Kier molecular flexibility index (Phi) is 2.34. The molecule has 4 N–H and O–H groups in total. The SMILES string of the molecule is OC1C2CC=CCC2C(O)N1C1NC=NN1. The maximum atomic E-state index is 10.2. The molecule has 0 aromatic heterocycles. The number of likely N-dealkylation sites (tertiary alicyclic amines) is 1. The summed E-state index contributed by atoms with van der Waals surface area (Å²) < 4.78 is 0. The molecule has 0 amide bonds. The van der Waals surface area contributed by atoms with E-state index < -0.39 is 12.5 Å². The molecule has 2 heterocycles. The first-order valence-corrected chi connectivity index (χ1v) is 5.61. The summed E-state index contributed by atoms with van der Waals surface area (Å²) in [5.41, 5.74) is 2.81. The fraction of sp³-hybridized carbons (Fsp3) is 0.700. The maximum Gasteiger partial charge on any atom is 0.175 e. The van der Waals surface area contributed by atoms with E-state index in [-0.39, 0.29) is 18.1 Å². The number of nitrogens with one attached hydrogen (secondary N) is 2. The normalized spacial score (nSPS) is 46.5. The van der Waals surface area contributed by atoms with Crippen molar-refractivity contribution in [3.8, 4) is 0 Å². The number of nitrogens with zero attached hydrogens (tertiary/aromatic N) is 2. The number of aliphatic hydroxyl groups is 2. The predicted octanol–water partition coefficient (Wildman–Crippen LogP) is -1.06. The minimum atomic E-state index is -0.628. The van der Waals surface area contributed by atoms with Gasteiger partial charge in [0, 0.05) is 11.8 Å². The minimum absolute atomic E-state index is 0.115. The van der Waals surface area contributed by atoms with Gasteiger partial charge in [0.25, 0.3) is 0 Å². The lowest BCUT2D eigenvalue weighted by Gasteiger charge is -2.30. The van der Waals surface area contributed by atoms with E-state index in [4.69, 9.17) is 0 Å². The average molecular weight is 224 g/mol. The number of hydrogen-bond acceptors (Lipinski definition) is 6. The van der Waals surface area contributed by atoms with Gasteiger partial charge in [0.1, 0.15) is 18.8 Å². The second-order valence-electron chi connectivity index (χ2n) is 4.50. The highest BCUT2D eigenvalue weighted by molar-refractivity contribution is 5.56. The van der Waals surface area contributed by atoms with E-state index in [1.807, 2.05) is 0 Å². The molecule has 3 aliphatic rings. The average Bonchev–Trinajstić information content (AvgIpc) is 2.89. The maximum absolute atomic E-state index is 10.2. The zero-order valence-corrected chi connectivity index (χ0v) is 8.82. The van der Waals surface area contributed by atoms with Gasteiger partial charge in [-0.3, -0.25) is 5.43 Å². The fourth-order valence-corrected chi connectivity index (χ4v) is 2.85. The van der Waals surface area contributed by atoms with Crippen LogP contribution in [-0.2, 0) is 0 Å². The highest BCUT2D eigenvalue weighted by atomic mass is 16.3. The van der Waals surface area contributed by atoms with Crippen LogP contribution in [0, 0.1) is 11.8 Å². The zero-order valence-electron chi connectivity index (χ0n) is 8.82. The molecule has 3 rings (SSSR count). The second kappa shape index (κ2) is 3.73. The third-order valence-electron chi connectivity index (χ3n) is 3.70. The third-order valence-corrected chi connectivity index (χ3v) is 3.70. The van der Waals surface area contributed by atoms with Crippen LogP contribution in [0.3, 0.4) is 0 Å². The molecule has 0 bridgehead atoms. The van der Waals surface area contributed by atoms with Crippen LogP contribution in [0.2, 0.25) is 0 Å². The van der Waals surface area contributed by atoms with E-state index in [2.05, 4.69) is 28.0 Å². The molecule has 1 fully saturated rings. The Morgan fingerprint density at radius 2 is 1.75 bits per heavy atom. The van der Waals surface area contributed by atoms with Gasteiger partial charge in [-0.2, -0.15) is 5.10 Å². The molecule has 88 valence electrons. The molecule has 0 radical (unpaired) electrons. The first kappa shape index (κ1) is 10.1. The van der Waals surface area contributed by atoms with E-state index in [0.717, 1.165) is 12.8 Å². The van der Waals surface area contributed by atoms with Crippen LogP contribution in [0.1, 0.15) is 12.8 Å². The van der Waals surface area contributed by atoms with Gasteiger partial charge in [-0.15, -0.1) is 0 Å². The Hall–Kier alpha value is -1.11. The molecule has 5 atom stereocenters. The van der Waals surface area contributed by atoms with E-state index in [9.17, 15) is 10.2 Å². The molecule has 0 aromatic rings. The highest BCUT2D eigenvalue weighted by Crippen LogP contribution is 2.40. The van der Waals surface area contributed by atoms with Crippen LogP contribution < -0.4 is 10.7 Å². The lowest BCUT2D eigenvalue weighted by Crippen LogP contribution is -2.55. The molecule has 5 unspecified atom stereocenters. The van der Waals surface area contributed by atoms with Crippen molar-refractivity contribution in [3.05, 3.63) is 12.2 Å². The Morgan fingerprint density at radius 1 is 1.12 bits per heavy atom. The quantitative estimate of drug-likeness (QED) is 0.427. The van der Waals surface area contributed by atoms with Crippen molar-refractivity contribution in [2.24, 2.45) is 16.9 Å². The number of allylic oxidation sites excluding steroid dienone is 2. The molecular formula is C10H16N4O2. The molecule has 16 heavy (non-hydrogen) atoms. The monoisotopic (exact) mass is 224 g/mol. The Balaban J connectivity index is 1.80. The number of hydrogen-bond donors (Lipinski definition) is 4. The second-order valence-corrected chi connectivity index (χ2v) is 4.50. The van der Waals surface area contributed by atoms with Gasteiger partial charge in [0.2, 0.25) is 0 Å². The molecule has 0 aromatic carbocycles. The minimum Gasteiger partial charge on any atom is -0.378 e. The molecule has 1 saturated heterocycles. The van der Waals surface area contributed by atoms with Gasteiger partial charge in [0.05, 0.1) is 0 Å². The van der Waals surface area contributed by atoms with Crippen LogP contribution in [0.4, 0.5) is 0 Å². The van der Waals surface area contributed by atoms with Crippen LogP contribution >= 0.6 is 0 Å². The van der Waals surface area contributed by atoms with Crippen molar-refractivity contribution in [2.75, 3.05) is 0 Å².